The van der Waals surface area contributed by atoms with Crippen LogP contribution in [0.15, 0.2) is 36.4 Å². The van der Waals surface area contributed by atoms with Crippen molar-refractivity contribution in [1.82, 2.24) is 5.32 Å². The van der Waals surface area contributed by atoms with Crippen LogP contribution in [-0.4, -0.2) is 13.2 Å². The monoisotopic (exact) mass is 283 g/mol. The summed E-state index contributed by atoms with van der Waals surface area (Å²) in [6, 6.07) is 13.4. The van der Waals surface area contributed by atoms with Crippen LogP contribution in [0.5, 0.6) is 5.75 Å². The molecule has 0 spiro atoms. The number of hydrogen-bond acceptors (Lipinski definition) is 2. The normalized spacial score (nSPS) is 11.0. The van der Waals surface area contributed by atoms with E-state index in [1.165, 1.54) is 27.8 Å². The third kappa shape index (κ3) is 3.64. The van der Waals surface area contributed by atoms with E-state index in [2.05, 4.69) is 69.4 Å². The van der Waals surface area contributed by atoms with Gasteiger partial charge in [-0.25, -0.2) is 0 Å². The molecule has 2 rings (SSSR count). The highest BCUT2D eigenvalue weighted by Crippen LogP contribution is 2.30. The van der Waals surface area contributed by atoms with Gasteiger partial charge >= 0.3 is 0 Å². The standard InChI is InChI=1S/C19H25NO/c1-13(2)20-12-17-11-16(9-10-19(17)21-5)18-8-6-7-14(3)15(18)4/h6-11,13,20H,12H2,1-5H3. The lowest BCUT2D eigenvalue weighted by Crippen LogP contribution is -2.22. The van der Waals surface area contributed by atoms with Gasteiger partial charge in [0, 0.05) is 18.2 Å². The Morgan fingerprint density at radius 2 is 1.86 bits per heavy atom. The number of rotatable bonds is 5. The lowest BCUT2D eigenvalue weighted by Gasteiger charge is -2.15. The first-order valence-corrected chi connectivity index (χ1v) is 7.49. The van der Waals surface area contributed by atoms with Crippen LogP contribution in [0, 0.1) is 13.8 Å². The second-order valence-electron chi connectivity index (χ2n) is 5.81. The predicted molar refractivity (Wildman–Crippen MR) is 89.9 cm³/mol. The van der Waals surface area contributed by atoms with Crippen LogP contribution in [-0.2, 0) is 6.54 Å². The lowest BCUT2D eigenvalue weighted by atomic mass is 9.95. The maximum Gasteiger partial charge on any atom is 0.123 e. The van der Waals surface area contributed by atoms with Gasteiger partial charge in [-0.05, 0) is 48.2 Å². The maximum atomic E-state index is 5.48. The van der Waals surface area contributed by atoms with Crippen LogP contribution in [0.3, 0.4) is 0 Å². The number of nitrogens with one attached hydrogen (secondary N) is 1. The van der Waals surface area contributed by atoms with Gasteiger partial charge in [0.05, 0.1) is 7.11 Å². The molecule has 0 fully saturated rings. The molecule has 0 aliphatic carbocycles. The number of benzene rings is 2. The average Bonchev–Trinajstić information content (AvgIpc) is 2.47. The third-order valence-electron chi connectivity index (χ3n) is 3.90. The molecule has 0 aromatic heterocycles. The van der Waals surface area contributed by atoms with E-state index >= 15 is 0 Å². The number of aryl methyl sites for hydroxylation is 1. The van der Waals surface area contributed by atoms with Crippen LogP contribution < -0.4 is 10.1 Å². The highest BCUT2D eigenvalue weighted by molar-refractivity contribution is 5.70. The van der Waals surface area contributed by atoms with Crippen molar-refractivity contribution in [3.8, 4) is 16.9 Å². The average molecular weight is 283 g/mol. The van der Waals surface area contributed by atoms with Gasteiger partial charge < -0.3 is 10.1 Å². The van der Waals surface area contributed by atoms with Gasteiger partial charge in [-0.2, -0.15) is 0 Å². The van der Waals surface area contributed by atoms with Crippen molar-refractivity contribution in [3.63, 3.8) is 0 Å². The molecule has 112 valence electrons. The number of ether oxygens (including phenoxy) is 1. The Bertz CT molecular complexity index is 617. The Kier molecular flexibility index (Phi) is 5.03. The first-order valence-electron chi connectivity index (χ1n) is 7.49. The van der Waals surface area contributed by atoms with Crippen molar-refractivity contribution < 1.29 is 4.74 Å². The van der Waals surface area contributed by atoms with Crippen molar-refractivity contribution in [1.29, 1.82) is 0 Å². The van der Waals surface area contributed by atoms with Gasteiger partial charge in [0.2, 0.25) is 0 Å². The first-order chi connectivity index (χ1) is 10.0. The SMILES string of the molecule is COc1ccc(-c2cccc(C)c2C)cc1CNC(C)C. The summed E-state index contributed by atoms with van der Waals surface area (Å²) in [7, 11) is 1.73. The highest BCUT2D eigenvalue weighted by atomic mass is 16.5. The summed E-state index contributed by atoms with van der Waals surface area (Å²) in [5, 5.41) is 3.46. The Balaban J connectivity index is 2.41. The summed E-state index contributed by atoms with van der Waals surface area (Å²) in [4.78, 5) is 0. The molecule has 2 heteroatoms. The zero-order chi connectivity index (χ0) is 15.4. The van der Waals surface area contributed by atoms with Crippen LogP contribution in [0.4, 0.5) is 0 Å². The van der Waals surface area contributed by atoms with Crippen molar-refractivity contribution in [3.05, 3.63) is 53.1 Å². The fourth-order valence-electron chi connectivity index (χ4n) is 2.46. The Hall–Kier alpha value is -1.80. The molecule has 0 atom stereocenters. The van der Waals surface area contributed by atoms with E-state index in [9.17, 15) is 0 Å². The third-order valence-corrected chi connectivity index (χ3v) is 3.90. The summed E-state index contributed by atoms with van der Waals surface area (Å²) >= 11 is 0. The Morgan fingerprint density at radius 1 is 1.10 bits per heavy atom. The van der Waals surface area contributed by atoms with Crippen LogP contribution >= 0.6 is 0 Å². The van der Waals surface area contributed by atoms with Gasteiger partial charge in [-0.1, -0.05) is 38.1 Å². The van der Waals surface area contributed by atoms with E-state index in [1.54, 1.807) is 7.11 Å². The van der Waals surface area contributed by atoms with E-state index < -0.39 is 0 Å². The largest absolute Gasteiger partial charge is 0.496 e. The van der Waals surface area contributed by atoms with E-state index in [0.717, 1.165) is 12.3 Å². The molecule has 0 aliphatic rings. The molecule has 0 amide bonds. The molecular formula is C19H25NO. The number of methoxy groups -OCH3 is 1. The molecule has 0 saturated heterocycles. The molecule has 21 heavy (non-hydrogen) atoms. The summed E-state index contributed by atoms with van der Waals surface area (Å²) < 4.78 is 5.48. The molecule has 0 radical (unpaired) electrons. The fraction of sp³-hybridized carbons (Fsp3) is 0.368. The lowest BCUT2D eigenvalue weighted by molar-refractivity contribution is 0.406. The molecule has 2 nitrogen and oxygen atoms in total. The Morgan fingerprint density at radius 3 is 2.52 bits per heavy atom. The van der Waals surface area contributed by atoms with Gasteiger partial charge in [-0.15, -0.1) is 0 Å². The zero-order valence-corrected chi connectivity index (χ0v) is 13.7. The van der Waals surface area contributed by atoms with Crippen molar-refractivity contribution >= 4 is 0 Å². The molecular weight excluding hydrogens is 258 g/mol. The van der Waals surface area contributed by atoms with Crippen molar-refractivity contribution in [2.45, 2.75) is 40.3 Å². The molecule has 2 aromatic rings. The molecule has 0 bridgehead atoms. The molecule has 0 saturated carbocycles. The minimum absolute atomic E-state index is 0.457. The van der Waals surface area contributed by atoms with Gasteiger partial charge in [-0.3, -0.25) is 0 Å². The fourth-order valence-corrected chi connectivity index (χ4v) is 2.46. The molecule has 0 heterocycles. The summed E-state index contributed by atoms with van der Waals surface area (Å²) in [5.74, 6) is 0.942. The topological polar surface area (TPSA) is 21.3 Å². The smallest absolute Gasteiger partial charge is 0.123 e. The summed E-state index contributed by atoms with van der Waals surface area (Å²) in [6.45, 7) is 9.46. The maximum absolute atomic E-state index is 5.48. The molecule has 1 N–H and O–H groups in total. The predicted octanol–water partition coefficient (Wildman–Crippen LogP) is 4.48. The second-order valence-corrected chi connectivity index (χ2v) is 5.81. The van der Waals surface area contributed by atoms with Gasteiger partial charge in [0.25, 0.3) is 0 Å². The second kappa shape index (κ2) is 6.77. The van der Waals surface area contributed by atoms with Crippen molar-refractivity contribution in [2.24, 2.45) is 0 Å². The summed E-state index contributed by atoms with van der Waals surface area (Å²) in [6.07, 6.45) is 0. The van der Waals surface area contributed by atoms with E-state index in [1.807, 2.05) is 0 Å². The first kappa shape index (κ1) is 15.6. The van der Waals surface area contributed by atoms with Gasteiger partial charge in [0.15, 0.2) is 0 Å². The van der Waals surface area contributed by atoms with Crippen LogP contribution in [0.25, 0.3) is 11.1 Å². The minimum atomic E-state index is 0.457. The van der Waals surface area contributed by atoms with E-state index in [-0.39, 0.29) is 0 Å². The minimum Gasteiger partial charge on any atom is -0.496 e. The Labute approximate surface area is 128 Å². The van der Waals surface area contributed by atoms with Crippen LogP contribution in [0.2, 0.25) is 0 Å². The number of hydrogen-bond donors (Lipinski definition) is 1. The molecule has 0 unspecified atom stereocenters. The van der Waals surface area contributed by atoms with Crippen molar-refractivity contribution in [2.75, 3.05) is 7.11 Å². The van der Waals surface area contributed by atoms with Crippen LogP contribution in [0.1, 0.15) is 30.5 Å². The zero-order valence-electron chi connectivity index (χ0n) is 13.7. The molecule has 0 aliphatic heterocycles. The van der Waals surface area contributed by atoms with E-state index in [4.69, 9.17) is 4.74 Å². The quantitative estimate of drug-likeness (QED) is 0.873. The van der Waals surface area contributed by atoms with Gasteiger partial charge in [0.1, 0.15) is 5.75 Å². The van der Waals surface area contributed by atoms with E-state index in [0.29, 0.717) is 6.04 Å². The summed E-state index contributed by atoms with van der Waals surface area (Å²) in [5.41, 5.74) is 6.40. The molecule has 2 aromatic carbocycles. The highest BCUT2D eigenvalue weighted by Gasteiger charge is 2.09.